The summed E-state index contributed by atoms with van der Waals surface area (Å²) in [5, 5.41) is 1.20. The third-order valence-corrected chi connectivity index (χ3v) is 5.00. The molecule has 0 saturated carbocycles. The van der Waals surface area contributed by atoms with Crippen LogP contribution in [0.15, 0.2) is 11.4 Å². The molecule has 0 spiro atoms. The maximum absolute atomic E-state index is 5.70. The molecule has 1 aromatic heterocycles. The van der Waals surface area contributed by atoms with Gasteiger partial charge in [0.1, 0.15) is 6.73 Å². The van der Waals surface area contributed by atoms with Gasteiger partial charge >= 0.3 is 0 Å². The summed E-state index contributed by atoms with van der Waals surface area (Å²) in [6.07, 6.45) is 3.93. The summed E-state index contributed by atoms with van der Waals surface area (Å²) in [4.78, 5) is 4.29. The zero-order valence-electron chi connectivity index (χ0n) is 10.9. The largest absolute Gasteiger partial charge is 0.361 e. The van der Waals surface area contributed by atoms with Crippen LogP contribution in [0.5, 0.6) is 0 Å². The zero-order chi connectivity index (χ0) is 12.2. The van der Waals surface area contributed by atoms with E-state index in [0.717, 1.165) is 12.3 Å². The number of nitrogens with zero attached hydrogens (tertiary/aromatic N) is 2. The molecule has 0 aliphatic carbocycles. The molecule has 0 N–H and O–H groups in total. The monoisotopic (exact) mass is 258 g/mol. The number of ether oxygens (including phenoxy) is 1. The van der Waals surface area contributed by atoms with E-state index in [0.29, 0.717) is 6.73 Å². The first-order chi connectivity index (χ1) is 7.44. The molecule has 5 heteroatoms. The number of hydrogen-bond acceptors (Lipinski definition) is 3. The van der Waals surface area contributed by atoms with E-state index >= 15 is 0 Å². The molecule has 0 aliphatic rings. The standard InChI is InChI=1S/C11H22N2OSSi/c1-10-11(15-2)13(8-12-10)9-14-6-7-16(3,4)5/h8H,6-7,9H2,1-5H3. The topological polar surface area (TPSA) is 27.1 Å². The second kappa shape index (κ2) is 5.89. The van der Waals surface area contributed by atoms with E-state index in [4.69, 9.17) is 4.74 Å². The summed E-state index contributed by atoms with van der Waals surface area (Å²) >= 11 is 1.72. The average Bonchev–Trinajstić information content (AvgIpc) is 2.52. The fraction of sp³-hybridized carbons (Fsp3) is 0.727. The van der Waals surface area contributed by atoms with Gasteiger partial charge in [0.2, 0.25) is 0 Å². The van der Waals surface area contributed by atoms with Crippen molar-refractivity contribution in [3.8, 4) is 0 Å². The first-order valence-electron chi connectivity index (χ1n) is 5.57. The Morgan fingerprint density at radius 2 is 2.12 bits per heavy atom. The van der Waals surface area contributed by atoms with E-state index in [1.807, 2.05) is 13.3 Å². The van der Waals surface area contributed by atoms with Crippen molar-refractivity contribution in [2.24, 2.45) is 0 Å². The Morgan fingerprint density at radius 3 is 2.69 bits per heavy atom. The molecule has 0 unspecified atom stereocenters. The minimum atomic E-state index is -0.967. The van der Waals surface area contributed by atoms with Crippen LogP contribution in [-0.4, -0.2) is 30.5 Å². The van der Waals surface area contributed by atoms with Gasteiger partial charge in [-0.15, -0.1) is 11.8 Å². The lowest BCUT2D eigenvalue weighted by Gasteiger charge is -2.15. The number of thioether (sulfide) groups is 1. The molecule has 1 rings (SSSR count). The van der Waals surface area contributed by atoms with Crippen LogP contribution in [0, 0.1) is 6.92 Å². The minimum absolute atomic E-state index is 0.626. The maximum Gasteiger partial charge on any atom is 0.124 e. The average molecular weight is 258 g/mol. The van der Waals surface area contributed by atoms with Gasteiger partial charge in [0.25, 0.3) is 0 Å². The van der Waals surface area contributed by atoms with Gasteiger partial charge in [0, 0.05) is 14.7 Å². The number of aryl methyl sites for hydroxylation is 1. The predicted molar refractivity (Wildman–Crippen MR) is 72.9 cm³/mol. The molecule has 1 heterocycles. The SMILES string of the molecule is CSc1c(C)ncn1COCC[Si](C)(C)C. The first-order valence-corrected chi connectivity index (χ1v) is 10.5. The number of hydrogen-bond donors (Lipinski definition) is 0. The van der Waals surface area contributed by atoms with Crippen LogP contribution in [0.25, 0.3) is 0 Å². The van der Waals surface area contributed by atoms with Crippen molar-refractivity contribution in [3.63, 3.8) is 0 Å². The van der Waals surface area contributed by atoms with Crippen LogP contribution >= 0.6 is 11.8 Å². The molecule has 0 saturated heterocycles. The second-order valence-corrected chi connectivity index (χ2v) is 11.6. The van der Waals surface area contributed by atoms with Gasteiger partial charge in [-0.25, -0.2) is 4.98 Å². The van der Waals surface area contributed by atoms with Crippen molar-refractivity contribution in [3.05, 3.63) is 12.0 Å². The summed E-state index contributed by atoms with van der Waals surface area (Å²) in [5.74, 6) is 0. The van der Waals surface area contributed by atoms with E-state index in [2.05, 4.69) is 35.4 Å². The van der Waals surface area contributed by atoms with Gasteiger partial charge in [-0.2, -0.15) is 0 Å². The third kappa shape index (κ3) is 4.31. The third-order valence-electron chi connectivity index (χ3n) is 2.38. The van der Waals surface area contributed by atoms with Crippen molar-refractivity contribution in [1.29, 1.82) is 0 Å². The highest BCUT2D eigenvalue weighted by Crippen LogP contribution is 2.18. The van der Waals surface area contributed by atoms with E-state index in [-0.39, 0.29) is 0 Å². The fourth-order valence-corrected chi connectivity index (χ4v) is 2.81. The van der Waals surface area contributed by atoms with E-state index in [9.17, 15) is 0 Å². The van der Waals surface area contributed by atoms with Crippen LogP contribution in [0.1, 0.15) is 5.69 Å². The number of rotatable bonds is 6. The Kier molecular flexibility index (Phi) is 5.08. The highest BCUT2D eigenvalue weighted by atomic mass is 32.2. The quantitative estimate of drug-likeness (QED) is 0.445. The lowest BCUT2D eigenvalue weighted by molar-refractivity contribution is 0.0818. The Balaban J connectivity index is 2.37. The molecule has 0 aliphatic heterocycles. The first kappa shape index (κ1) is 13.8. The highest BCUT2D eigenvalue weighted by Gasteiger charge is 2.12. The second-order valence-electron chi connectivity index (χ2n) is 5.16. The molecule has 1 aromatic rings. The summed E-state index contributed by atoms with van der Waals surface area (Å²) in [7, 11) is -0.967. The predicted octanol–water partition coefficient (Wildman–Crippen LogP) is 3.23. The maximum atomic E-state index is 5.70. The van der Waals surface area contributed by atoms with Gasteiger partial charge in [0.15, 0.2) is 0 Å². The lowest BCUT2D eigenvalue weighted by atomic mass is 10.6. The van der Waals surface area contributed by atoms with Crippen molar-refractivity contribution in [2.75, 3.05) is 12.9 Å². The Bertz CT molecular complexity index is 333. The van der Waals surface area contributed by atoms with Crippen LogP contribution in [0.3, 0.4) is 0 Å². The van der Waals surface area contributed by atoms with Gasteiger partial charge in [-0.3, -0.25) is 0 Å². The molecular formula is C11H22N2OSSi. The van der Waals surface area contributed by atoms with Crippen molar-refractivity contribution >= 4 is 19.8 Å². The van der Waals surface area contributed by atoms with Crippen molar-refractivity contribution in [2.45, 2.75) is 44.4 Å². The van der Waals surface area contributed by atoms with Gasteiger partial charge in [0.05, 0.1) is 17.0 Å². The van der Waals surface area contributed by atoms with Crippen LogP contribution in [0.4, 0.5) is 0 Å². The van der Waals surface area contributed by atoms with Crippen LogP contribution in [-0.2, 0) is 11.5 Å². The van der Waals surface area contributed by atoms with E-state index in [1.165, 1.54) is 11.1 Å². The van der Waals surface area contributed by atoms with E-state index < -0.39 is 8.07 Å². The minimum Gasteiger partial charge on any atom is -0.361 e. The molecule has 0 radical (unpaired) electrons. The van der Waals surface area contributed by atoms with Crippen LogP contribution < -0.4 is 0 Å². The molecule has 92 valence electrons. The molecule has 0 fully saturated rings. The molecule has 16 heavy (non-hydrogen) atoms. The van der Waals surface area contributed by atoms with Crippen LogP contribution in [0.2, 0.25) is 25.7 Å². The van der Waals surface area contributed by atoms with Gasteiger partial charge in [-0.1, -0.05) is 19.6 Å². The normalized spacial score (nSPS) is 12.1. The fourth-order valence-electron chi connectivity index (χ4n) is 1.37. The van der Waals surface area contributed by atoms with Gasteiger partial charge < -0.3 is 9.30 Å². The summed E-state index contributed by atoms with van der Waals surface area (Å²) in [6.45, 7) is 10.6. The summed E-state index contributed by atoms with van der Waals surface area (Å²) < 4.78 is 7.77. The molecule has 0 bridgehead atoms. The summed E-state index contributed by atoms with van der Waals surface area (Å²) in [5.41, 5.74) is 1.08. The molecular weight excluding hydrogens is 236 g/mol. The number of aromatic nitrogens is 2. The molecule has 0 amide bonds. The van der Waals surface area contributed by atoms with Crippen molar-refractivity contribution in [1.82, 2.24) is 9.55 Å². The smallest absolute Gasteiger partial charge is 0.124 e. The molecule has 0 atom stereocenters. The Morgan fingerprint density at radius 1 is 1.44 bits per heavy atom. The van der Waals surface area contributed by atoms with Crippen molar-refractivity contribution < 1.29 is 4.74 Å². The lowest BCUT2D eigenvalue weighted by Crippen LogP contribution is -2.22. The number of imidazole rings is 1. The van der Waals surface area contributed by atoms with Gasteiger partial charge in [-0.05, 0) is 19.2 Å². The van der Waals surface area contributed by atoms with E-state index in [1.54, 1.807) is 11.8 Å². The zero-order valence-corrected chi connectivity index (χ0v) is 12.7. The summed E-state index contributed by atoms with van der Waals surface area (Å²) in [6, 6.07) is 1.22. The highest BCUT2D eigenvalue weighted by molar-refractivity contribution is 7.98. The Hall–Kier alpha value is -0.263. The molecule has 3 nitrogen and oxygen atoms in total. The Labute approximate surface area is 104 Å². The molecule has 0 aromatic carbocycles.